The molecule has 55 heavy (non-hydrogen) atoms. The van der Waals surface area contributed by atoms with Crippen LogP contribution in [-0.2, 0) is 43.2 Å². The predicted octanol–water partition coefficient (Wildman–Crippen LogP) is -2.06. The van der Waals surface area contributed by atoms with Gasteiger partial charge in [-0.25, -0.2) is 0 Å². The number of nitrogens with one attached hydrogen (secondary N) is 3. The Bertz CT molecular complexity index is 1470. The molecule has 3 rings (SSSR count). The lowest BCUT2D eigenvalue weighted by atomic mass is 9.93. The van der Waals surface area contributed by atoms with E-state index in [4.69, 9.17) is 5.73 Å². The maximum atomic E-state index is 13.7. The number of ketones is 3. The number of nitrogens with two attached hydrogens (primary N) is 1. The monoisotopic (exact) mass is 777 g/mol. The molecule has 2 unspecified atom stereocenters. The van der Waals surface area contributed by atoms with E-state index in [1.807, 2.05) is 0 Å². The van der Waals surface area contributed by atoms with Crippen LogP contribution >= 0.6 is 0 Å². The van der Waals surface area contributed by atoms with E-state index >= 15 is 0 Å². The molecule has 0 spiro atoms. The van der Waals surface area contributed by atoms with Gasteiger partial charge in [-0.2, -0.15) is 0 Å². The van der Waals surface area contributed by atoms with E-state index in [0.29, 0.717) is 51.6 Å². The predicted molar refractivity (Wildman–Crippen MR) is 196 cm³/mol. The zero-order chi connectivity index (χ0) is 41.1. The second-order valence-corrected chi connectivity index (χ2v) is 15.1. The highest BCUT2D eigenvalue weighted by atomic mass is 16.3. The summed E-state index contributed by atoms with van der Waals surface area (Å²) in [6.07, 6.45) is 0.448. The Morgan fingerprint density at radius 1 is 0.709 bits per heavy atom. The van der Waals surface area contributed by atoms with Crippen LogP contribution in [-0.4, -0.2) is 153 Å². The zero-order valence-electron chi connectivity index (χ0n) is 32.6. The average Bonchev–Trinajstić information content (AvgIpc) is 3.95. The number of likely N-dealkylation sites (N-methyl/N-ethyl adjacent to an activating group) is 1. The van der Waals surface area contributed by atoms with Crippen molar-refractivity contribution >= 4 is 52.8 Å². The SMILES string of the molecule is CN[C@@H](C)C(=O)N1CCC[C@H]1C(=O)CCC(=O)NC(CO)C(=O)C[C@H](C(=O)N[C@@H](C)C(=O)N1CCC[C@H]1C(=O)N1CCC[C@H]1C(=O)C[C@@H](C)C(N)=O)C(C)O. The average molecular weight is 778 g/mol. The van der Waals surface area contributed by atoms with Crippen molar-refractivity contribution in [3.63, 3.8) is 0 Å². The number of nitrogens with zero attached hydrogens (tertiary/aromatic N) is 3. The van der Waals surface area contributed by atoms with Crippen LogP contribution in [0.3, 0.4) is 0 Å². The van der Waals surface area contributed by atoms with E-state index in [1.165, 1.54) is 28.5 Å². The number of likely N-dealkylation sites (tertiary alicyclic amines) is 3. The summed E-state index contributed by atoms with van der Waals surface area (Å²) in [5, 5.41) is 28.1. The highest BCUT2D eigenvalue weighted by Gasteiger charge is 2.44. The fraction of sp³-hybridized carbons (Fsp3) is 0.757. The summed E-state index contributed by atoms with van der Waals surface area (Å²) in [6.45, 7) is 6.10. The molecule has 0 saturated carbocycles. The van der Waals surface area contributed by atoms with Crippen LogP contribution in [0.1, 0.15) is 91.9 Å². The molecule has 7 N–H and O–H groups in total. The summed E-state index contributed by atoms with van der Waals surface area (Å²) in [6, 6.07) is -5.32. The first-order valence-corrected chi connectivity index (χ1v) is 19.3. The number of aliphatic hydroxyl groups is 2. The third kappa shape index (κ3) is 11.6. The molecule has 3 aliphatic heterocycles. The van der Waals surface area contributed by atoms with E-state index in [1.54, 1.807) is 20.9 Å². The molecule has 0 aromatic heterocycles. The van der Waals surface area contributed by atoms with Crippen molar-refractivity contribution in [3.05, 3.63) is 0 Å². The molecule has 3 aliphatic rings. The van der Waals surface area contributed by atoms with Crippen LogP contribution in [0.15, 0.2) is 0 Å². The second kappa shape index (κ2) is 20.6. The fourth-order valence-corrected chi connectivity index (χ4v) is 7.49. The van der Waals surface area contributed by atoms with E-state index < -0.39 is 103 Å². The lowest BCUT2D eigenvalue weighted by Gasteiger charge is -2.32. The van der Waals surface area contributed by atoms with Crippen LogP contribution in [0.5, 0.6) is 0 Å². The van der Waals surface area contributed by atoms with Crippen LogP contribution in [0.25, 0.3) is 0 Å². The number of carbonyl (C=O) groups is 9. The van der Waals surface area contributed by atoms with Gasteiger partial charge in [0, 0.05) is 51.2 Å². The third-order valence-corrected chi connectivity index (χ3v) is 11.0. The molecule has 3 fully saturated rings. The fourth-order valence-electron chi connectivity index (χ4n) is 7.49. The highest BCUT2D eigenvalue weighted by molar-refractivity contribution is 5.98. The summed E-state index contributed by atoms with van der Waals surface area (Å²) in [5.41, 5.74) is 5.32. The molecule has 3 heterocycles. The summed E-state index contributed by atoms with van der Waals surface area (Å²) in [5.74, 6) is -6.70. The maximum absolute atomic E-state index is 13.7. The van der Waals surface area contributed by atoms with E-state index in [2.05, 4.69) is 16.0 Å². The van der Waals surface area contributed by atoms with Crippen molar-refractivity contribution in [3.8, 4) is 0 Å². The first kappa shape index (κ1) is 45.1. The minimum atomic E-state index is -1.44. The summed E-state index contributed by atoms with van der Waals surface area (Å²) >= 11 is 0. The Kier molecular flexibility index (Phi) is 16.9. The van der Waals surface area contributed by atoms with Gasteiger partial charge in [-0.05, 0) is 66.3 Å². The van der Waals surface area contributed by atoms with Gasteiger partial charge < -0.3 is 46.6 Å². The smallest absolute Gasteiger partial charge is 0.245 e. The van der Waals surface area contributed by atoms with Crippen molar-refractivity contribution in [2.45, 2.75) is 134 Å². The topological polar surface area (TPSA) is 266 Å². The quantitative estimate of drug-likeness (QED) is 0.0780. The normalized spacial score (nSPS) is 23.0. The summed E-state index contributed by atoms with van der Waals surface area (Å²) < 4.78 is 0. The Morgan fingerprint density at radius 2 is 1.24 bits per heavy atom. The Hall–Kier alpha value is -4.29. The van der Waals surface area contributed by atoms with Crippen LogP contribution in [0.4, 0.5) is 0 Å². The molecule has 0 aromatic carbocycles. The van der Waals surface area contributed by atoms with E-state index in [0.717, 1.165) is 0 Å². The maximum Gasteiger partial charge on any atom is 0.245 e. The number of amides is 6. The van der Waals surface area contributed by atoms with Crippen LogP contribution in [0, 0.1) is 11.8 Å². The standard InChI is InChI=1S/C37H59N7O11/c1-20(33(38)51)17-31(49)27-10-7-15-43(27)37(55)28-11-8-16-44(28)36(54)22(3)40-34(52)24(23(4)46)18-30(48)25(19-45)41-32(50)13-12-29(47)26-9-6-14-42(26)35(53)21(2)39-5/h20-28,39,45-46H,6-19H2,1-5H3,(H2,38,51)(H,40,52)(H,41,50)/t20-,21+,22+,23?,24+,25?,26+,27+,28+/m1/s1. The van der Waals surface area contributed by atoms with Crippen molar-refractivity contribution in [2.75, 3.05) is 33.3 Å². The molecule has 308 valence electrons. The molecular weight excluding hydrogens is 718 g/mol. The minimum Gasteiger partial charge on any atom is -0.394 e. The molecule has 0 bridgehead atoms. The number of hydrogen-bond acceptors (Lipinski definition) is 12. The molecule has 0 radical (unpaired) electrons. The van der Waals surface area contributed by atoms with E-state index in [9.17, 15) is 53.4 Å². The van der Waals surface area contributed by atoms with Gasteiger partial charge in [-0.15, -0.1) is 0 Å². The second-order valence-electron chi connectivity index (χ2n) is 15.1. The molecule has 3 saturated heterocycles. The Balaban J connectivity index is 1.56. The highest BCUT2D eigenvalue weighted by Crippen LogP contribution is 2.27. The van der Waals surface area contributed by atoms with Crippen molar-refractivity contribution < 1.29 is 53.4 Å². The first-order valence-electron chi connectivity index (χ1n) is 19.3. The van der Waals surface area contributed by atoms with Crippen LogP contribution in [0.2, 0.25) is 0 Å². The zero-order valence-corrected chi connectivity index (χ0v) is 32.6. The van der Waals surface area contributed by atoms with Crippen molar-refractivity contribution in [1.82, 2.24) is 30.7 Å². The number of carbonyl (C=O) groups excluding carboxylic acids is 9. The van der Waals surface area contributed by atoms with E-state index in [-0.39, 0.29) is 43.3 Å². The summed E-state index contributed by atoms with van der Waals surface area (Å²) in [7, 11) is 1.64. The lowest BCUT2D eigenvalue weighted by Crippen LogP contribution is -2.55. The van der Waals surface area contributed by atoms with Crippen LogP contribution < -0.4 is 21.7 Å². The molecule has 9 atom stereocenters. The van der Waals surface area contributed by atoms with Gasteiger partial charge in [-0.3, -0.25) is 43.2 Å². The third-order valence-electron chi connectivity index (χ3n) is 11.0. The molecule has 0 aliphatic carbocycles. The van der Waals surface area contributed by atoms with Gasteiger partial charge in [0.05, 0.1) is 36.8 Å². The summed E-state index contributed by atoms with van der Waals surface area (Å²) in [4.78, 5) is 121. The number of hydrogen-bond donors (Lipinski definition) is 6. The first-order chi connectivity index (χ1) is 25.9. The molecule has 18 heteroatoms. The molecular formula is C37H59N7O11. The molecule has 0 aromatic rings. The van der Waals surface area contributed by atoms with Gasteiger partial charge in [0.25, 0.3) is 0 Å². The van der Waals surface area contributed by atoms with Gasteiger partial charge in [0.2, 0.25) is 35.4 Å². The largest absolute Gasteiger partial charge is 0.394 e. The molecule has 6 amide bonds. The van der Waals surface area contributed by atoms with Gasteiger partial charge >= 0.3 is 0 Å². The lowest BCUT2D eigenvalue weighted by molar-refractivity contribution is -0.148. The van der Waals surface area contributed by atoms with Crippen molar-refractivity contribution in [2.24, 2.45) is 17.6 Å². The Labute approximate surface area is 321 Å². The number of rotatable bonds is 20. The number of Topliss-reactive ketones (excluding diaryl/α,β-unsaturated/α-hetero) is 3. The molecule has 18 nitrogen and oxygen atoms in total. The minimum absolute atomic E-state index is 0.0972. The number of aliphatic hydroxyl groups excluding tert-OH is 2. The van der Waals surface area contributed by atoms with Crippen molar-refractivity contribution in [1.29, 1.82) is 0 Å². The van der Waals surface area contributed by atoms with Gasteiger partial charge in [0.1, 0.15) is 18.1 Å². The van der Waals surface area contributed by atoms with Gasteiger partial charge in [-0.1, -0.05) is 6.92 Å². The number of primary amides is 1. The Morgan fingerprint density at radius 3 is 1.78 bits per heavy atom. The van der Waals surface area contributed by atoms with Gasteiger partial charge in [0.15, 0.2) is 17.3 Å².